The number of allylic oxidation sites excluding steroid dienone is 2. The van der Waals surface area contributed by atoms with E-state index in [2.05, 4.69) is 5.32 Å². The molecule has 1 heterocycles. The summed E-state index contributed by atoms with van der Waals surface area (Å²) in [5.41, 5.74) is 3.78. The summed E-state index contributed by atoms with van der Waals surface area (Å²) in [6.07, 6.45) is 4.33. The van der Waals surface area contributed by atoms with Crippen LogP contribution in [0.3, 0.4) is 0 Å². The minimum atomic E-state index is -0.0599. The van der Waals surface area contributed by atoms with Crippen molar-refractivity contribution < 1.29 is 10.2 Å². The number of aliphatic hydroxyl groups is 2. The molecular weight excluding hydrogens is 333 g/mol. The van der Waals surface area contributed by atoms with Gasteiger partial charge in [0.15, 0.2) is 0 Å². The minimum Gasteiger partial charge on any atom is -0.512 e. The Hall–Kier alpha value is -1.42. The van der Waals surface area contributed by atoms with Crippen molar-refractivity contribution in [2.24, 2.45) is 5.92 Å². The van der Waals surface area contributed by atoms with Crippen molar-refractivity contribution in [3.05, 3.63) is 68.1 Å². The van der Waals surface area contributed by atoms with Crippen molar-refractivity contribution in [3.8, 4) is 0 Å². The van der Waals surface area contributed by atoms with Gasteiger partial charge in [0, 0.05) is 6.42 Å². The lowest BCUT2D eigenvalue weighted by Gasteiger charge is -2.25. The predicted molar refractivity (Wildman–Crippen MR) is 91.9 cm³/mol. The molecule has 0 fully saturated rings. The van der Waals surface area contributed by atoms with Crippen LogP contribution >= 0.6 is 23.2 Å². The van der Waals surface area contributed by atoms with Gasteiger partial charge in [0.2, 0.25) is 0 Å². The number of hydrogen-bond acceptors (Lipinski definition) is 3. The van der Waals surface area contributed by atoms with Crippen LogP contribution in [-0.2, 0) is 0 Å². The third kappa shape index (κ3) is 2.38. The third-order valence-corrected chi connectivity index (χ3v) is 5.72. The normalized spacial score (nSPS) is 27.0. The first-order valence-corrected chi connectivity index (χ1v) is 8.57. The van der Waals surface area contributed by atoms with E-state index in [4.69, 9.17) is 23.2 Å². The molecule has 3 N–H and O–H groups in total. The minimum absolute atomic E-state index is 0.0599. The van der Waals surface area contributed by atoms with E-state index in [1.807, 2.05) is 12.1 Å². The van der Waals surface area contributed by atoms with Gasteiger partial charge >= 0.3 is 0 Å². The fraction of sp³-hybridized carbons (Fsp3) is 0.333. The second-order valence-electron chi connectivity index (χ2n) is 6.31. The summed E-state index contributed by atoms with van der Waals surface area (Å²) in [5, 5.41) is 25.1. The molecule has 3 nitrogen and oxygen atoms in total. The van der Waals surface area contributed by atoms with E-state index in [0.717, 1.165) is 36.1 Å². The lowest BCUT2D eigenvalue weighted by atomic mass is 9.80. The Labute approximate surface area is 144 Å². The van der Waals surface area contributed by atoms with Crippen LogP contribution in [0.5, 0.6) is 0 Å². The molecule has 0 unspecified atom stereocenters. The average molecular weight is 350 g/mol. The third-order valence-electron chi connectivity index (χ3n) is 4.98. The summed E-state index contributed by atoms with van der Waals surface area (Å²) in [4.78, 5) is 0. The molecule has 0 radical (unpaired) electrons. The first-order chi connectivity index (χ1) is 11.1. The van der Waals surface area contributed by atoms with Gasteiger partial charge in [0.05, 0.1) is 21.7 Å². The number of aliphatic hydroxyl groups excluding tert-OH is 2. The van der Waals surface area contributed by atoms with Crippen LogP contribution in [0.25, 0.3) is 0 Å². The highest BCUT2D eigenvalue weighted by molar-refractivity contribution is 6.42. The van der Waals surface area contributed by atoms with E-state index < -0.39 is 0 Å². The zero-order chi connectivity index (χ0) is 16.1. The Balaban J connectivity index is 1.87. The molecule has 0 bridgehead atoms. The van der Waals surface area contributed by atoms with Crippen LogP contribution in [-0.4, -0.2) is 16.8 Å². The molecule has 2 aliphatic carbocycles. The summed E-state index contributed by atoms with van der Waals surface area (Å²) in [5.74, 6) is 0.845. The highest BCUT2D eigenvalue weighted by Gasteiger charge is 2.38. The summed E-state index contributed by atoms with van der Waals surface area (Å²) in [6, 6.07) is 5.55. The van der Waals surface area contributed by atoms with Crippen LogP contribution in [0, 0.1) is 5.92 Å². The Bertz CT molecular complexity index is 779. The van der Waals surface area contributed by atoms with Gasteiger partial charge in [0.1, 0.15) is 11.5 Å². The SMILES string of the molecule is OC1=CC2=C3C1=C(O)CC[C@@H]3CCN[C@@H]2c1ccc(Cl)c(Cl)c1. The lowest BCUT2D eigenvalue weighted by molar-refractivity contribution is 0.333. The Morgan fingerprint density at radius 1 is 1.09 bits per heavy atom. The summed E-state index contributed by atoms with van der Waals surface area (Å²) in [6.45, 7) is 0.880. The zero-order valence-electron chi connectivity index (χ0n) is 12.4. The van der Waals surface area contributed by atoms with Crippen LogP contribution in [0.2, 0.25) is 10.0 Å². The molecule has 0 saturated carbocycles. The van der Waals surface area contributed by atoms with Gasteiger partial charge in [-0.2, -0.15) is 0 Å². The number of halogens is 2. The number of benzene rings is 1. The Kier molecular flexibility index (Phi) is 3.67. The van der Waals surface area contributed by atoms with Gasteiger partial charge in [0.25, 0.3) is 0 Å². The van der Waals surface area contributed by atoms with Crippen LogP contribution < -0.4 is 5.32 Å². The van der Waals surface area contributed by atoms with Crippen LogP contribution in [0.4, 0.5) is 0 Å². The van der Waals surface area contributed by atoms with E-state index in [0.29, 0.717) is 33.7 Å². The zero-order valence-corrected chi connectivity index (χ0v) is 14.0. The first kappa shape index (κ1) is 15.1. The largest absolute Gasteiger partial charge is 0.512 e. The smallest absolute Gasteiger partial charge is 0.126 e. The standard InChI is InChI=1S/C18H17Cl2NO2/c19-12-3-1-10(7-13(12)20)18-11-8-15(23)17-14(22)4-2-9(16(11)17)5-6-21-18/h1,3,7-9,18,21-23H,2,4-6H2/t9-,18-/m1/s1. The molecule has 120 valence electrons. The second-order valence-corrected chi connectivity index (χ2v) is 7.12. The van der Waals surface area contributed by atoms with Crippen molar-refractivity contribution in [1.82, 2.24) is 5.32 Å². The van der Waals surface area contributed by atoms with E-state index >= 15 is 0 Å². The second kappa shape index (κ2) is 5.59. The average Bonchev–Trinajstić information content (AvgIpc) is 2.77. The molecule has 0 amide bonds. The van der Waals surface area contributed by atoms with Crippen molar-refractivity contribution in [2.75, 3.05) is 6.54 Å². The molecular formula is C18H17Cl2NO2. The topological polar surface area (TPSA) is 52.5 Å². The highest BCUT2D eigenvalue weighted by atomic mass is 35.5. The van der Waals surface area contributed by atoms with E-state index in [9.17, 15) is 10.2 Å². The number of nitrogens with one attached hydrogen (secondary N) is 1. The van der Waals surface area contributed by atoms with Gasteiger partial charge in [-0.25, -0.2) is 0 Å². The van der Waals surface area contributed by atoms with Crippen LogP contribution in [0.1, 0.15) is 30.9 Å². The van der Waals surface area contributed by atoms with Gasteiger partial charge < -0.3 is 15.5 Å². The molecule has 1 aromatic carbocycles. The van der Waals surface area contributed by atoms with E-state index in [-0.39, 0.29) is 11.8 Å². The van der Waals surface area contributed by atoms with Crippen molar-refractivity contribution in [2.45, 2.75) is 25.3 Å². The quantitative estimate of drug-likeness (QED) is 0.668. The number of rotatable bonds is 1. The molecule has 5 heteroatoms. The van der Waals surface area contributed by atoms with E-state index in [1.54, 1.807) is 12.1 Å². The lowest BCUT2D eigenvalue weighted by Crippen LogP contribution is -2.22. The maximum Gasteiger partial charge on any atom is 0.126 e. The summed E-state index contributed by atoms with van der Waals surface area (Å²) >= 11 is 12.2. The van der Waals surface area contributed by atoms with Crippen molar-refractivity contribution in [3.63, 3.8) is 0 Å². The van der Waals surface area contributed by atoms with Gasteiger partial charge in [-0.3, -0.25) is 0 Å². The molecule has 1 aromatic rings. The molecule has 23 heavy (non-hydrogen) atoms. The molecule has 1 aliphatic heterocycles. The molecule has 3 aliphatic rings. The van der Waals surface area contributed by atoms with Gasteiger partial charge in [-0.15, -0.1) is 0 Å². The highest BCUT2D eigenvalue weighted by Crippen LogP contribution is 2.48. The molecule has 2 atom stereocenters. The Morgan fingerprint density at radius 2 is 1.91 bits per heavy atom. The van der Waals surface area contributed by atoms with Crippen molar-refractivity contribution >= 4 is 23.2 Å². The van der Waals surface area contributed by atoms with Gasteiger partial charge in [-0.05, 0) is 60.2 Å². The fourth-order valence-electron chi connectivity index (χ4n) is 3.93. The molecule has 0 aromatic heterocycles. The molecule has 0 spiro atoms. The maximum absolute atomic E-state index is 10.3. The Morgan fingerprint density at radius 3 is 2.70 bits per heavy atom. The maximum atomic E-state index is 10.3. The monoisotopic (exact) mass is 349 g/mol. The predicted octanol–water partition coefficient (Wildman–Crippen LogP) is 5.00. The molecule has 0 saturated heterocycles. The van der Waals surface area contributed by atoms with Crippen LogP contribution in [0.15, 0.2) is 52.5 Å². The first-order valence-electron chi connectivity index (χ1n) is 7.82. The van der Waals surface area contributed by atoms with E-state index in [1.165, 1.54) is 0 Å². The van der Waals surface area contributed by atoms with Crippen molar-refractivity contribution in [1.29, 1.82) is 0 Å². The summed E-state index contributed by atoms with van der Waals surface area (Å²) in [7, 11) is 0. The number of hydrogen-bond donors (Lipinski definition) is 3. The fourth-order valence-corrected chi connectivity index (χ4v) is 4.24. The van der Waals surface area contributed by atoms with Gasteiger partial charge in [-0.1, -0.05) is 29.3 Å². The molecule has 4 rings (SSSR count). The summed E-state index contributed by atoms with van der Waals surface area (Å²) < 4.78 is 0.